The lowest BCUT2D eigenvalue weighted by molar-refractivity contribution is -0.130. The van der Waals surface area contributed by atoms with Crippen LogP contribution in [0.3, 0.4) is 0 Å². The highest BCUT2D eigenvalue weighted by molar-refractivity contribution is 6.21. The predicted molar refractivity (Wildman–Crippen MR) is 112 cm³/mol. The van der Waals surface area contributed by atoms with Crippen LogP contribution in [0.2, 0.25) is 0 Å². The van der Waals surface area contributed by atoms with Gasteiger partial charge in [0.15, 0.2) is 0 Å². The summed E-state index contributed by atoms with van der Waals surface area (Å²) in [5.74, 6) is -1.01. The van der Waals surface area contributed by atoms with Crippen LogP contribution in [0.4, 0.5) is 10.5 Å². The number of benzene rings is 1. The number of nitrogens with one attached hydrogen (secondary N) is 2. The number of amides is 2. The van der Waals surface area contributed by atoms with Crippen molar-refractivity contribution in [3.63, 3.8) is 0 Å². The number of aromatic amines is 1. The van der Waals surface area contributed by atoms with E-state index >= 15 is 0 Å². The second-order valence-corrected chi connectivity index (χ2v) is 7.07. The number of anilines is 1. The molecule has 7 heteroatoms. The van der Waals surface area contributed by atoms with E-state index in [0.717, 1.165) is 37.7 Å². The Bertz CT molecular complexity index is 1070. The van der Waals surface area contributed by atoms with Crippen molar-refractivity contribution < 1.29 is 14.7 Å². The number of carbonyl (C=O) groups excluding carboxylic acids is 1. The number of hydrogen-bond acceptors (Lipinski definition) is 3. The fourth-order valence-corrected chi connectivity index (χ4v) is 3.55. The normalized spacial score (nSPS) is 14.8. The van der Waals surface area contributed by atoms with E-state index in [1.807, 2.05) is 17.0 Å². The van der Waals surface area contributed by atoms with E-state index in [9.17, 15) is 14.7 Å². The van der Waals surface area contributed by atoms with E-state index in [4.69, 9.17) is 0 Å². The van der Waals surface area contributed by atoms with Gasteiger partial charge in [-0.2, -0.15) is 0 Å². The molecule has 0 bridgehead atoms. The molecule has 148 valence electrons. The zero-order valence-corrected chi connectivity index (χ0v) is 15.9. The van der Waals surface area contributed by atoms with Gasteiger partial charge in [-0.05, 0) is 37.0 Å². The molecule has 3 heterocycles. The molecule has 0 radical (unpaired) electrons. The van der Waals surface area contributed by atoms with Crippen LogP contribution in [0.25, 0.3) is 22.7 Å². The summed E-state index contributed by atoms with van der Waals surface area (Å²) < 4.78 is 0. The molecule has 0 unspecified atom stereocenters. The van der Waals surface area contributed by atoms with E-state index in [2.05, 4.69) is 15.3 Å². The Morgan fingerprint density at radius 2 is 1.90 bits per heavy atom. The molecule has 0 atom stereocenters. The number of fused-ring (bicyclic) bond motifs is 1. The van der Waals surface area contributed by atoms with Crippen LogP contribution in [0.15, 0.2) is 48.8 Å². The average Bonchev–Trinajstić information content (AvgIpc) is 3.15. The van der Waals surface area contributed by atoms with Crippen molar-refractivity contribution in [3.05, 3.63) is 59.9 Å². The summed E-state index contributed by atoms with van der Waals surface area (Å²) >= 11 is 0. The van der Waals surface area contributed by atoms with Crippen LogP contribution in [0, 0.1) is 0 Å². The van der Waals surface area contributed by atoms with Gasteiger partial charge >= 0.3 is 12.0 Å². The van der Waals surface area contributed by atoms with E-state index in [0.29, 0.717) is 22.5 Å². The minimum atomic E-state index is -1.01. The minimum absolute atomic E-state index is 0.131. The molecule has 2 aromatic heterocycles. The van der Waals surface area contributed by atoms with Gasteiger partial charge in [0.1, 0.15) is 5.65 Å². The first kappa shape index (κ1) is 18.7. The van der Waals surface area contributed by atoms with E-state index < -0.39 is 5.97 Å². The van der Waals surface area contributed by atoms with Crippen molar-refractivity contribution in [2.24, 2.45) is 0 Å². The van der Waals surface area contributed by atoms with Gasteiger partial charge in [0.2, 0.25) is 0 Å². The van der Waals surface area contributed by atoms with Gasteiger partial charge in [0.05, 0.1) is 17.5 Å². The highest BCUT2D eigenvalue weighted by atomic mass is 16.4. The quantitative estimate of drug-likeness (QED) is 0.581. The summed E-state index contributed by atoms with van der Waals surface area (Å²) in [6.07, 6.45) is 8.14. The fourth-order valence-electron chi connectivity index (χ4n) is 3.55. The van der Waals surface area contributed by atoms with Gasteiger partial charge in [-0.3, -0.25) is 0 Å². The molecule has 3 aromatic rings. The number of aliphatic carboxylic acids is 1. The first-order valence-corrected chi connectivity index (χ1v) is 9.65. The van der Waals surface area contributed by atoms with Gasteiger partial charge < -0.3 is 20.3 Å². The Balaban J connectivity index is 1.64. The van der Waals surface area contributed by atoms with Gasteiger partial charge in [0.25, 0.3) is 0 Å². The van der Waals surface area contributed by atoms with Gasteiger partial charge in [0, 0.05) is 30.2 Å². The Kier molecular flexibility index (Phi) is 5.29. The first-order chi connectivity index (χ1) is 14.1. The third-order valence-electron chi connectivity index (χ3n) is 5.07. The molecule has 1 fully saturated rings. The summed E-state index contributed by atoms with van der Waals surface area (Å²) in [4.78, 5) is 33.5. The number of H-pyrrole nitrogens is 1. The molecule has 1 aliphatic rings. The van der Waals surface area contributed by atoms with Gasteiger partial charge in [-0.15, -0.1) is 0 Å². The lowest BCUT2D eigenvalue weighted by Gasteiger charge is -2.26. The highest BCUT2D eigenvalue weighted by Gasteiger charge is 2.17. The number of aromatic nitrogens is 2. The van der Waals surface area contributed by atoms with E-state index in [1.165, 1.54) is 0 Å². The Labute approximate surface area is 168 Å². The topological polar surface area (TPSA) is 98.3 Å². The lowest BCUT2D eigenvalue weighted by Crippen LogP contribution is -2.38. The van der Waals surface area contributed by atoms with Crippen LogP contribution in [0.1, 0.15) is 30.4 Å². The summed E-state index contributed by atoms with van der Waals surface area (Å²) in [6.45, 7) is 1.53. The molecule has 4 rings (SSSR count). The second-order valence-electron chi connectivity index (χ2n) is 7.07. The van der Waals surface area contributed by atoms with Crippen LogP contribution in [-0.4, -0.2) is 45.1 Å². The number of urea groups is 1. The molecular formula is C22H22N4O3. The molecular weight excluding hydrogens is 368 g/mol. The van der Waals surface area contributed by atoms with Crippen LogP contribution in [-0.2, 0) is 4.79 Å². The third-order valence-corrected chi connectivity index (χ3v) is 5.07. The van der Waals surface area contributed by atoms with Crippen LogP contribution in [0.5, 0.6) is 0 Å². The molecule has 29 heavy (non-hydrogen) atoms. The number of piperidine rings is 1. The van der Waals surface area contributed by atoms with Crippen molar-refractivity contribution >= 4 is 40.4 Å². The number of carboxylic acid groups (broad SMARTS) is 1. The molecule has 0 saturated carbocycles. The number of carbonyl (C=O) groups is 2. The summed E-state index contributed by atoms with van der Waals surface area (Å²) in [6, 6.07) is 10.7. The third kappa shape index (κ3) is 4.13. The molecule has 1 saturated heterocycles. The zero-order chi connectivity index (χ0) is 20.2. The SMILES string of the molecule is O=C(O)C(=Cc1c[nH]c2ncc(NC(=O)N3CCCCC3)cc12)c1ccccc1. The number of carboxylic acids is 1. The van der Waals surface area contributed by atoms with Crippen molar-refractivity contribution in [3.8, 4) is 0 Å². The predicted octanol–water partition coefficient (Wildman–Crippen LogP) is 4.21. The second kappa shape index (κ2) is 8.18. The number of rotatable bonds is 4. The number of nitrogens with zero attached hydrogens (tertiary/aromatic N) is 2. The summed E-state index contributed by atoms with van der Waals surface area (Å²) in [5, 5.41) is 13.3. The average molecular weight is 390 g/mol. The lowest BCUT2D eigenvalue weighted by atomic mass is 10.0. The van der Waals surface area contributed by atoms with Crippen molar-refractivity contribution in [2.45, 2.75) is 19.3 Å². The Morgan fingerprint density at radius 3 is 2.62 bits per heavy atom. The Hall–Kier alpha value is -3.61. The maximum atomic E-state index is 12.5. The van der Waals surface area contributed by atoms with Crippen LogP contribution < -0.4 is 5.32 Å². The van der Waals surface area contributed by atoms with E-state index in [-0.39, 0.29) is 11.6 Å². The Morgan fingerprint density at radius 1 is 1.14 bits per heavy atom. The van der Waals surface area contributed by atoms with Crippen molar-refractivity contribution in [1.29, 1.82) is 0 Å². The largest absolute Gasteiger partial charge is 0.478 e. The molecule has 0 spiro atoms. The number of pyridine rings is 1. The molecule has 0 aliphatic carbocycles. The highest BCUT2D eigenvalue weighted by Crippen LogP contribution is 2.26. The maximum absolute atomic E-state index is 12.5. The number of likely N-dealkylation sites (tertiary alicyclic amines) is 1. The molecule has 1 aliphatic heterocycles. The zero-order valence-electron chi connectivity index (χ0n) is 15.9. The van der Waals surface area contributed by atoms with Crippen molar-refractivity contribution in [2.75, 3.05) is 18.4 Å². The molecule has 2 amide bonds. The van der Waals surface area contributed by atoms with Gasteiger partial charge in [-0.1, -0.05) is 30.3 Å². The smallest absolute Gasteiger partial charge is 0.336 e. The minimum Gasteiger partial charge on any atom is -0.478 e. The van der Waals surface area contributed by atoms with Gasteiger partial charge in [-0.25, -0.2) is 14.6 Å². The van der Waals surface area contributed by atoms with E-state index in [1.54, 1.807) is 42.7 Å². The standard InChI is InChI=1S/C22H22N4O3/c27-21(28)19(15-7-3-1-4-8-15)11-16-13-23-20-18(16)12-17(14-24-20)25-22(29)26-9-5-2-6-10-26/h1,3-4,7-8,11-14H,2,5-6,9-10H2,(H,23,24)(H,25,29)(H,27,28). The van der Waals surface area contributed by atoms with Crippen molar-refractivity contribution in [1.82, 2.24) is 14.9 Å². The number of hydrogen-bond donors (Lipinski definition) is 3. The maximum Gasteiger partial charge on any atom is 0.336 e. The summed E-state index contributed by atoms with van der Waals surface area (Å²) in [5.41, 5.74) is 2.72. The molecule has 3 N–H and O–H groups in total. The first-order valence-electron chi connectivity index (χ1n) is 9.65. The fraction of sp³-hybridized carbons (Fsp3) is 0.227. The monoisotopic (exact) mass is 390 g/mol. The summed E-state index contributed by atoms with van der Waals surface area (Å²) in [7, 11) is 0. The molecule has 1 aromatic carbocycles. The van der Waals surface area contributed by atoms with Crippen LogP contribution >= 0.6 is 0 Å². The molecule has 7 nitrogen and oxygen atoms in total.